The highest BCUT2D eigenvalue weighted by Crippen LogP contribution is 2.25. The average molecular weight is 377 g/mol. The summed E-state index contributed by atoms with van der Waals surface area (Å²) in [5.41, 5.74) is 0.478. The molecule has 0 atom stereocenters. The van der Waals surface area contributed by atoms with E-state index >= 15 is 0 Å². The van der Waals surface area contributed by atoms with Gasteiger partial charge < -0.3 is 9.80 Å². The topological polar surface area (TPSA) is 67.7 Å². The first kappa shape index (κ1) is 19.3. The van der Waals surface area contributed by atoms with E-state index in [1.165, 1.54) is 12.1 Å². The normalized spacial score (nSPS) is 21.5. The zero-order chi connectivity index (χ0) is 18.6. The Morgan fingerprint density at radius 1 is 1.00 bits per heavy atom. The van der Waals surface area contributed by atoms with Crippen LogP contribution in [-0.2, 0) is 10.0 Å². The van der Waals surface area contributed by atoms with Crippen LogP contribution in [0.1, 0.15) is 25.3 Å². The molecular weight excluding hydrogens is 348 g/mol. The summed E-state index contributed by atoms with van der Waals surface area (Å²) in [6, 6.07) is 8.22. The van der Waals surface area contributed by atoms with E-state index in [0.717, 1.165) is 52.1 Å². The van der Waals surface area contributed by atoms with E-state index in [4.69, 9.17) is 5.26 Å². The molecule has 0 amide bonds. The summed E-state index contributed by atoms with van der Waals surface area (Å²) in [5.74, 6) is 0.579. The number of piperidine rings is 1. The first-order valence-electron chi connectivity index (χ1n) is 9.48. The van der Waals surface area contributed by atoms with Gasteiger partial charge in [-0.25, -0.2) is 8.42 Å². The highest BCUT2D eigenvalue weighted by molar-refractivity contribution is 7.89. The maximum atomic E-state index is 12.8. The Kier molecular flexibility index (Phi) is 6.30. The van der Waals surface area contributed by atoms with E-state index in [0.29, 0.717) is 24.6 Å². The number of rotatable bonds is 5. The molecule has 26 heavy (non-hydrogen) atoms. The minimum absolute atomic E-state index is 0.283. The molecule has 0 spiro atoms. The van der Waals surface area contributed by atoms with Crippen LogP contribution in [-0.4, -0.2) is 74.9 Å². The molecule has 2 aliphatic heterocycles. The van der Waals surface area contributed by atoms with Crippen LogP contribution in [0.15, 0.2) is 29.2 Å². The molecule has 0 N–H and O–H groups in total. The first-order valence-corrected chi connectivity index (χ1v) is 10.9. The van der Waals surface area contributed by atoms with Crippen molar-refractivity contribution < 1.29 is 8.42 Å². The van der Waals surface area contributed by atoms with Crippen molar-refractivity contribution in [1.82, 2.24) is 14.1 Å². The Labute approximate surface area is 157 Å². The lowest BCUT2D eigenvalue weighted by atomic mass is 9.97. The van der Waals surface area contributed by atoms with Crippen LogP contribution in [0.3, 0.4) is 0 Å². The third-order valence-corrected chi connectivity index (χ3v) is 7.54. The second kappa shape index (κ2) is 8.49. The highest BCUT2D eigenvalue weighted by atomic mass is 32.2. The molecule has 7 heteroatoms. The zero-order valence-corrected chi connectivity index (χ0v) is 16.3. The minimum Gasteiger partial charge on any atom is -0.301 e. The lowest BCUT2D eigenvalue weighted by molar-refractivity contribution is 0.109. The number of likely N-dealkylation sites (N-methyl/N-ethyl adjacent to an activating group) is 1. The summed E-state index contributed by atoms with van der Waals surface area (Å²) in [7, 11) is -3.45. The summed E-state index contributed by atoms with van der Waals surface area (Å²) >= 11 is 0. The van der Waals surface area contributed by atoms with Gasteiger partial charge in [0.1, 0.15) is 0 Å². The maximum Gasteiger partial charge on any atom is 0.243 e. The fourth-order valence-corrected chi connectivity index (χ4v) is 5.31. The average Bonchev–Trinajstić information content (AvgIpc) is 2.69. The Bertz CT molecular complexity index is 726. The van der Waals surface area contributed by atoms with Gasteiger partial charge >= 0.3 is 0 Å². The molecule has 3 rings (SSSR count). The number of nitrogens with zero attached hydrogens (tertiary/aromatic N) is 4. The fraction of sp³-hybridized carbons (Fsp3) is 0.632. The molecule has 2 fully saturated rings. The van der Waals surface area contributed by atoms with Crippen molar-refractivity contribution in [2.24, 2.45) is 5.92 Å². The van der Waals surface area contributed by atoms with E-state index in [1.807, 2.05) is 6.07 Å². The molecule has 0 aromatic heterocycles. The third-order valence-electron chi connectivity index (χ3n) is 5.62. The van der Waals surface area contributed by atoms with Gasteiger partial charge in [0, 0.05) is 45.8 Å². The van der Waals surface area contributed by atoms with Gasteiger partial charge in [-0.2, -0.15) is 9.57 Å². The van der Waals surface area contributed by atoms with Crippen molar-refractivity contribution in [3.63, 3.8) is 0 Å². The SMILES string of the molecule is CCN1CCN(CC2CCN(S(=O)(=O)c3ccc(C#N)cc3)CC2)CC1. The Morgan fingerprint density at radius 2 is 1.58 bits per heavy atom. The van der Waals surface area contributed by atoms with Gasteiger partial charge in [0.25, 0.3) is 0 Å². The van der Waals surface area contributed by atoms with Crippen molar-refractivity contribution >= 4 is 10.0 Å². The summed E-state index contributed by atoms with van der Waals surface area (Å²) in [4.78, 5) is 5.29. The van der Waals surface area contributed by atoms with E-state index in [2.05, 4.69) is 16.7 Å². The van der Waals surface area contributed by atoms with Gasteiger partial charge in [-0.3, -0.25) is 0 Å². The molecule has 142 valence electrons. The molecular formula is C19H28N4O2S. The molecule has 2 heterocycles. The zero-order valence-electron chi connectivity index (χ0n) is 15.5. The molecule has 0 bridgehead atoms. The van der Waals surface area contributed by atoms with E-state index in [-0.39, 0.29) is 4.90 Å². The first-order chi connectivity index (χ1) is 12.5. The van der Waals surface area contributed by atoms with Crippen molar-refractivity contribution in [2.45, 2.75) is 24.7 Å². The summed E-state index contributed by atoms with van der Waals surface area (Å²) in [6.45, 7) is 10.1. The smallest absolute Gasteiger partial charge is 0.243 e. The van der Waals surface area contributed by atoms with Crippen LogP contribution < -0.4 is 0 Å². The van der Waals surface area contributed by atoms with Crippen LogP contribution in [0.25, 0.3) is 0 Å². The standard InChI is InChI=1S/C19H28N4O2S/c1-2-21-11-13-22(14-12-21)16-18-7-9-23(10-8-18)26(24,25)19-5-3-17(15-20)4-6-19/h3-6,18H,2,7-14,16H2,1H3. The summed E-state index contributed by atoms with van der Waals surface area (Å²) < 4.78 is 27.2. The fourth-order valence-electron chi connectivity index (χ4n) is 3.84. The molecule has 1 aromatic carbocycles. The lowest BCUT2D eigenvalue weighted by Crippen LogP contribution is -2.49. The predicted molar refractivity (Wildman–Crippen MR) is 101 cm³/mol. The second-order valence-corrected chi connectivity index (χ2v) is 9.16. The van der Waals surface area contributed by atoms with Crippen molar-refractivity contribution in [2.75, 3.05) is 52.4 Å². The monoisotopic (exact) mass is 376 g/mol. The van der Waals surface area contributed by atoms with Crippen LogP contribution in [0.5, 0.6) is 0 Å². The Balaban J connectivity index is 1.52. The second-order valence-electron chi connectivity index (χ2n) is 7.22. The van der Waals surface area contributed by atoms with Gasteiger partial charge in [0.05, 0.1) is 16.5 Å². The number of hydrogen-bond donors (Lipinski definition) is 0. The molecule has 0 unspecified atom stereocenters. The van der Waals surface area contributed by atoms with Gasteiger partial charge in [-0.05, 0) is 49.6 Å². The molecule has 2 saturated heterocycles. The molecule has 0 radical (unpaired) electrons. The molecule has 2 aliphatic rings. The van der Waals surface area contributed by atoms with Crippen LogP contribution >= 0.6 is 0 Å². The van der Waals surface area contributed by atoms with E-state index in [1.54, 1.807) is 16.4 Å². The van der Waals surface area contributed by atoms with Crippen LogP contribution in [0.2, 0.25) is 0 Å². The molecule has 0 saturated carbocycles. The lowest BCUT2D eigenvalue weighted by Gasteiger charge is -2.38. The number of sulfonamides is 1. The largest absolute Gasteiger partial charge is 0.301 e. The van der Waals surface area contributed by atoms with Crippen LogP contribution in [0.4, 0.5) is 0 Å². The minimum atomic E-state index is -3.45. The van der Waals surface area contributed by atoms with Crippen molar-refractivity contribution in [1.29, 1.82) is 5.26 Å². The highest BCUT2D eigenvalue weighted by Gasteiger charge is 2.30. The van der Waals surface area contributed by atoms with Gasteiger partial charge in [0.2, 0.25) is 10.0 Å². The molecule has 0 aliphatic carbocycles. The van der Waals surface area contributed by atoms with Gasteiger partial charge in [-0.15, -0.1) is 0 Å². The van der Waals surface area contributed by atoms with Gasteiger partial charge in [0.15, 0.2) is 0 Å². The van der Waals surface area contributed by atoms with E-state index in [9.17, 15) is 8.42 Å². The third kappa shape index (κ3) is 4.44. The number of piperazine rings is 1. The molecule has 1 aromatic rings. The maximum absolute atomic E-state index is 12.8. The van der Waals surface area contributed by atoms with Crippen LogP contribution in [0, 0.1) is 17.2 Å². The van der Waals surface area contributed by atoms with Crippen molar-refractivity contribution in [3.05, 3.63) is 29.8 Å². The van der Waals surface area contributed by atoms with Crippen molar-refractivity contribution in [3.8, 4) is 6.07 Å². The molecule has 6 nitrogen and oxygen atoms in total. The summed E-state index contributed by atoms with van der Waals surface area (Å²) in [6.07, 6.45) is 1.84. The Hall–Kier alpha value is -1.46. The Morgan fingerprint density at radius 3 is 2.12 bits per heavy atom. The number of benzene rings is 1. The van der Waals surface area contributed by atoms with Gasteiger partial charge in [-0.1, -0.05) is 6.92 Å². The predicted octanol–water partition coefficient (Wildman–Crippen LogP) is 1.60. The van der Waals surface area contributed by atoms with E-state index < -0.39 is 10.0 Å². The number of hydrogen-bond acceptors (Lipinski definition) is 5. The quantitative estimate of drug-likeness (QED) is 0.781. The number of nitriles is 1. The summed E-state index contributed by atoms with van der Waals surface area (Å²) in [5, 5.41) is 8.86.